The molecule has 1 aliphatic carbocycles. The van der Waals surface area contributed by atoms with Crippen LogP contribution in [0, 0.1) is 17.2 Å². The van der Waals surface area contributed by atoms with E-state index in [0.29, 0.717) is 17.7 Å². The number of phenols is 1. The van der Waals surface area contributed by atoms with Gasteiger partial charge in [0.25, 0.3) is 0 Å². The molecule has 33 heavy (non-hydrogen) atoms. The number of ketones is 2. The maximum absolute atomic E-state index is 12.9. The van der Waals surface area contributed by atoms with Crippen LogP contribution in [0.5, 0.6) is 11.5 Å². The molecule has 2 aliphatic rings. The van der Waals surface area contributed by atoms with Gasteiger partial charge in [-0.3, -0.25) is 25.7 Å². The van der Waals surface area contributed by atoms with Crippen LogP contribution >= 0.6 is 0 Å². The number of hydrogen-bond acceptors (Lipinski definition) is 9. The molecule has 0 radical (unpaired) electrons. The summed E-state index contributed by atoms with van der Waals surface area (Å²) in [6.45, 7) is 3.63. The Hall–Kier alpha value is -3.66. The number of carbonyl (C=O) groups excluding carboxylic acids is 3. The smallest absolute Gasteiger partial charge is 0.344 e. The highest BCUT2D eigenvalue weighted by atomic mass is 16.6. The first-order chi connectivity index (χ1) is 15.8. The van der Waals surface area contributed by atoms with Crippen molar-refractivity contribution >= 4 is 23.4 Å². The summed E-state index contributed by atoms with van der Waals surface area (Å²) in [5.74, 6) is -2.66. The summed E-state index contributed by atoms with van der Waals surface area (Å²) in [5, 5.41) is 27.3. The molecule has 1 aromatic rings. The first-order valence-corrected chi connectivity index (χ1v) is 10.6. The standard InChI is InChI=1S/C23H27N3O7/c1-3-14-19(33-12-20(28)32-4-2)8-7-15(21(14)29)18(27)11-26-9-13-5-6-16(23(24)25-31)22(30)17(13)10-26/h5-9,16-17,29,31H,3-4,10-12H2,1-2H3,(H2,24,25). The number of aromatic hydroxyl groups is 1. The Balaban J connectivity index is 1.70. The number of rotatable bonds is 9. The third-order valence-corrected chi connectivity index (χ3v) is 5.60. The van der Waals surface area contributed by atoms with Gasteiger partial charge in [-0.05, 0) is 31.1 Å². The lowest BCUT2D eigenvalue weighted by molar-refractivity contribution is -0.145. The predicted octanol–water partition coefficient (Wildman–Crippen LogP) is 1.61. The van der Waals surface area contributed by atoms with Crippen LogP contribution in [-0.2, 0) is 20.7 Å². The molecule has 176 valence electrons. The second-order valence-electron chi connectivity index (χ2n) is 7.68. The van der Waals surface area contributed by atoms with Crippen molar-refractivity contribution in [2.75, 3.05) is 26.3 Å². The van der Waals surface area contributed by atoms with Crippen molar-refractivity contribution in [2.45, 2.75) is 20.3 Å². The molecule has 10 heteroatoms. The summed E-state index contributed by atoms with van der Waals surface area (Å²) < 4.78 is 10.3. The van der Waals surface area contributed by atoms with Crippen molar-refractivity contribution in [1.82, 2.24) is 10.4 Å². The maximum Gasteiger partial charge on any atom is 0.344 e. The normalized spacial score (nSPS) is 19.1. The molecular formula is C23H27N3O7. The van der Waals surface area contributed by atoms with Crippen molar-refractivity contribution in [3.8, 4) is 11.5 Å². The van der Waals surface area contributed by atoms with E-state index in [0.717, 1.165) is 5.57 Å². The molecule has 0 aromatic heterocycles. The SMILES string of the molecule is CCOC(=O)COc1ccc(C(=O)CN2C=C3C=CC(C(=N)NO)C(=O)C3C2)c(O)c1CC. The van der Waals surface area contributed by atoms with Crippen LogP contribution in [-0.4, -0.2) is 64.9 Å². The van der Waals surface area contributed by atoms with Gasteiger partial charge in [-0.15, -0.1) is 0 Å². The van der Waals surface area contributed by atoms with E-state index in [1.807, 2.05) is 0 Å². The number of nitrogens with one attached hydrogen (secondary N) is 2. The molecule has 0 fully saturated rings. The summed E-state index contributed by atoms with van der Waals surface area (Å²) in [7, 11) is 0. The largest absolute Gasteiger partial charge is 0.507 e. The molecule has 2 atom stereocenters. The minimum Gasteiger partial charge on any atom is -0.507 e. The molecule has 0 amide bonds. The van der Waals surface area contributed by atoms with Crippen molar-refractivity contribution in [3.63, 3.8) is 0 Å². The number of hydrogen-bond donors (Lipinski definition) is 4. The summed E-state index contributed by atoms with van der Waals surface area (Å²) >= 11 is 0. The molecule has 0 saturated carbocycles. The molecule has 4 N–H and O–H groups in total. The highest BCUT2D eigenvalue weighted by Gasteiger charge is 2.38. The minimum atomic E-state index is -0.855. The number of esters is 1. The van der Waals surface area contributed by atoms with E-state index in [-0.39, 0.29) is 55.0 Å². The average molecular weight is 457 g/mol. The molecule has 2 unspecified atom stereocenters. The van der Waals surface area contributed by atoms with Crippen LogP contribution in [0.15, 0.2) is 36.1 Å². The third-order valence-electron chi connectivity index (χ3n) is 5.60. The summed E-state index contributed by atoms with van der Waals surface area (Å²) in [6, 6.07) is 2.99. The van der Waals surface area contributed by atoms with Gasteiger partial charge in [0.05, 0.1) is 30.6 Å². The first-order valence-electron chi connectivity index (χ1n) is 10.6. The zero-order chi connectivity index (χ0) is 24.1. The number of Topliss-reactive ketones (excluding diaryl/α,β-unsaturated/α-hetero) is 2. The van der Waals surface area contributed by atoms with Crippen LogP contribution < -0.4 is 10.2 Å². The molecule has 0 saturated heterocycles. The highest BCUT2D eigenvalue weighted by molar-refractivity contribution is 6.07. The van der Waals surface area contributed by atoms with Gasteiger partial charge in [-0.1, -0.05) is 19.1 Å². The van der Waals surface area contributed by atoms with Gasteiger partial charge in [0.1, 0.15) is 17.3 Å². The summed E-state index contributed by atoms with van der Waals surface area (Å²) in [6.07, 6.45) is 5.36. The quantitative estimate of drug-likeness (QED) is 0.143. The van der Waals surface area contributed by atoms with Gasteiger partial charge >= 0.3 is 5.97 Å². The number of hydroxylamine groups is 1. The lowest BCUT2D eigenvalue weighted by Crippen LogP contribution is -2.39. The zero-order valence-corrected chi connectivity index (χ0v) is 18.5. The van der Waals surface area contributed by atoms with E-state index in [1.165, 1.54) is 18.2 Å². The molecular weight excluding hydrogens is 430 g/mol. The Morgan fingerprint density at radius 2 is 2.06 bits per heavy atom. The molecule has 0 bridgehead atoms. The molecule has 1 heterocycles. The van der Waals surface area contributed by atoms with Crippen LogP contribution in [0.4, 0.5) is 0 Å². The van der Waals surface area contributed by atoms with Crippen LogP contribution in [0.1, 0.15) is 29.8 Å². The fourth-order valence-electron chi connectivity index (χ4n) is 3.97. The monoisotopic (exact) mass is 457 g/mol. The third kappa shape index (κ3) is 5.06. The lowest BCUT2D eigenvalue weighted by Gasteiger charge is -2.23. The van der Waals surface area contributed by atoms with Crippen LogP contribution in [0.25, 0.3) is 0 Å². The number of nitrogens with zero attached hydrogens (tertiary/aromatic N) is 1. The van der Waals surface area contributed by atoms with Gasteiger partial charge in [-0.2, -0.15) is 0 Å². The van der Waals surface area contributed by atoms with Gasteiger partial charge in [0.15, 0.2) is 18.2 Å². The molecule has 1 aromatic carbocycles. The lowest BCUT2D eigenvalue weighted by atomic mass is 9.83. The topological polar surface area (TPSA) is 149 Å². The van der Waals surface area contributed by atoms with E-state index in [9.17, 15) is 19.5 Å². The van der Waals surface area contributed by atoms with E-state index < -0.39 is 17.8 Å². The Bertz CT molecular complexity index is 1030. The highest BCUT2D eigenvalue weighted by Crippen LogP contribution is 2.34. The second-order valence-corrected chi connectivity index (χ2v) is 7.68. The van der Waals surface area contributed by atoms with E-state index in [1.54, 1.807) is 36.5 Å². The number of amidine groups is 1. The average Bonchev–Trinajstić information content (AvgIpc) is 3.21. The molecule has 0 spiro atoms. The minimum absolute atomic E-state index is 0.0543. The number of fused-ring (bicyclic) bond motifs is 1. The summed E-state index contributed by atoms with van der Waals surface area (Å²) in [4.78, 5) is 38.8. The van der Waals surface area contributed by atoms with Crippen molar-refractivity contribution in [1.29, 1.82) is 5.41 Å². The fraction of sp³-hybridized carbons (Fsp3) is 0.391. The van der Waals surface area contributed by atoms with Gasteiger partial charge < -0.3 is 19.5 Å². The van der Waals surface area contributed by atoms with Crippen molar-refractivity contribution in [2.24, 2.45) is 11.8 Å². The number of phenolic OH excluding ortho intramolecular Hbond substituents is 1. The second kappa shape index (κ2) is 10.3. The van der Waals surface area contributed by atoms with Crippen LogP contribution in [0.3, 0.4) is 0 Å². The molecule has 1 aliphatic heterocycles. The first kappa shape index (κ1) is 24.0. The Morgan fingerprint density at radius 3 is 2.73 bits per heavy atom. The van der Waals surface area contributed by atoms with Crippen molar-refractivity contribution in [3.05, 3.63) is 47.2 Å². The Morgan fingerprint density at radius 1 is 1.30 bits per heavy atom. The Kier molecular flexibility index (Phi) is 7.49. The summed E-state index contributed by atoms with van der Waals surface area (Å²) in [5.41, 5.74) is 2.98. The molecule has 10 nitrogen and oxygen atoms in total. The van der Waals surface area contributed by atoms with Gasteiger partial charge in [0, 0.05) is 18.3 Å². The van der Waals surface area contributed by atoms with Gasteiger partial charge in [-0.25, -0.2) is 4.79 Å². The number of benzene rings is 1. The number of ether oxygens (including phenoxy) is 2. The molecule has 3 rings (SSSR count). The van der Waals surface area contributed by atoms with Crippen molar-refractivity contribution < 1.29 is 34.2 Å². The number of carbonyl (C=O) groups is 3. The predicted molar refractivity (Wildman–Crippen MR) is 117 cm³/mol. The zero-order valence-electron chi connectivity index (χ0n) is 18.5. The number of allylic oxidation sites excluding steroid dienone is 1. The van der Waals surface area contributed by atoms with Crippen LogP contribution in [0.2, 0.25) is 0 Å². The van der Waals surface area contributed by atoms with E-state index >= 15 is 0 Å². The maximum atomic E-state index is 12.9. The van der Waals surface area contributed by atoms with E-state index in [4.69, 9.17) is 20.1 Å². The van der Waals surface area contributed by atoms with Gasteiger partial charge in [0.2, 0.25) is 0 Å². The fourth-order valence-corrected chi connectivity index (χ4v) is 3.97. The Labute approximate surface area is 190 Å². The van der Waals surface area contributed by atoms with E-state index in [2.05, 4.69) is 0 Å².